The van der Waals surface area contributed by atoms with E-state index in [0.717, 1.165) is 11.3 Å². The molecular weight excluding hydrogens is 162 g/mol. The summed E-state index contributed by atoms with van der Waals surface area (Å²) >= 11 is 1.26. The molecule has 11 heavy (non-hydrogen) atoms. The van der Waals surface area contributed by atoms with Gasteiger partial charge in [0.25, 0.3) is 5.91 Å². The quantitative estimate of drug-likeness (QED) is 0.675. The highest BCUT2D eigenvalue weighted by Crippen LogP contribution is 2.20. The standard InChI is InChI=1S/C6H9N3OS/c1-2-3-4(7)9-6(11-3)5(8)10/h2,7H2,1H3,(H2,8,10). The molecule has 4 N–H and O–H groups in total. The summed E-state index contributed by atoms with van der Waals surface area (Å²) in [6, 6.07) is 0. The van der Waals surface area contributed by atoms with Gasteiger partial charge in [-0.2, -0.15) is 0 Å². The van der Waals surface area contributed by atoms with E-state index in [4.69, 9.17) is 11.5 Å². The van der Waals surface area contributed by atoms with E-state index in [1.165, 1.54) is 11.3 Å². The van der Waals surface area contributed by atoms with E-state index in [1.54, 1.807) is 0 Å². The summed E-state index contributed by atoms with van der Waals surface area (Å²) in [5, 5.41) is 0.291. The number of hydrogen-bond acceptors (Lipinski definition) is 4. The third kappa shape index (κ3) is 1.48. The van der Waals surface area contributed by atoms with E-state index in [2.05, 4.69) is 4.98 Å². The van der Waals surface area contributed by atoms with Crippen molar-refractivity contribution >= 4 is 23.1 Å². The van der Waals surface area contributed by atoms with Crippen molar-refractivity contribution in [2.45, 2.75) is 13.3 Å². The Labute approximate surface area is 68.2 Å². The van der Waals surface area contributed by atoms with Gasteiger partial charge in [0.1, 0.15) is 5.82 Å². The molecule has 1 rings (SSSR count). The van der Waals surface area contributed by atoms with Gasteiger partial charge in [-0.05, 0) is 6.42 Å². The van der Waals surface area contributed by atoms with Crippen molar-refractivity contribution in [1.29, 1.82) is 0 Å². The SMILES string of the molecule is CCc1sc(C(N)=O)nc1N. The fourth-order valence-electron chi connectivity index (χ4n) is 0.722. The average molecular weight is 171 g/mol. The van der Waals surface area contributed by atoms with E-state index >= 15 is 0 Å². The third-order valence-electron chi connectivity index (χ3n) is 1.26. The predicted molar refractivity (Wildman–Crippen MR) is 44.4 cm³/mol. The molecule has 5 heteroatoms. The number of nitrogens with two attached hydrogens (primary N) is 2. The topological polar surface area (TPSA) is 82.0 Å². The van der Waals surface area contributed by atoms with Gasteiger partial charge in [0.05, 0.1) is 0 Å². The maximum absolute atomic E-state index is 10.6. The number of rotatable bonds is 2. The molecule has 0 radical (unpaired) electrons. The molecule has 0 aliphatic rings. The van der Waals surface area contributed by atoms with Crippen LogP contribution in [0.1, 0.15) is 21.6 Å². The number of nitrogen functional groups attached to an aromatic ring is 1. The van der Waals surface area contributed by atoms with Crippen molar-refractivity contribution in [2.24, 2.45) is 5.73 Å². The summed E-state index contributed by atoms with van der Waals surface area (Å²) in [4.78, 5) is 15.3. The molecule has 0 saturated carbocycles. The zero-order valence-corrected chi connectivity index (χ0v) is 6.94. The van der Waals surface area contributed by atoms with Crippen molar-refractivity contribution in [2.75, 3.05) is 5.73 Å². The average Bonchev–Trinajstić information content (AvgIpc) is 2.31. The summed E-state index contributed by atoms with van der Waals surface area (Å²) in [7, 11) is 0. The Balaban J connectivity index is 3.05. The molecule has 0 spiro atoms. The van der Waals surface area contributed by atoms with E-state index in [0.29, 0.717) is 10.8 Å². The molecule has 1 amide bonds. The van der Waals surface area contributed by atoms with Gasteiger partial charge in [-0.25, -0.2) is 4.98 Å². The minimum Gasteiger partial charge on any atom is -0.383 e. The second-order valence-electron chi connectivity index (χ2n) is 2.05. The fourth-order valence-corrected chi connectivity index (χ4v) is 1.49. The van der Waals surface area contributed by atoms with Crippen molar-refractivity contribution in [3.05, 3.63) is 9.88 Å². The van der Waals surface area contributed by atoms with E-state index in [-0.39, 0.29) is 0 Å². The molecule has 0 aromatic carbocycles. The minimum atomic E-state index is -0.513. The van der Waals surface area contributed by atoms with Crippen molar-refractivity contribution in [3.63, 3.8) is 0 Å². The summed E-state index contributed by atoms with van der Waals surface area (Å²) in [5.74, 6) is -0.0901. The molecule has 1 aromatic heterocycles. The van der Waals surface area contributed by atoms with Gasteiger partial charge in [0, 0.05) is 4.88 Å². The van der Waals surface area contributed by atoms with Crippen LogP contribution in [0, 0.1) is 0 Å². The third-order valence-corrected chi connectivity index (χ3v) is 2.49. The molecule has 0 fully saturated rings. The Morgan fingerprint density at radius 2 is 2.36 bits per heavy atom. The lowest BCUT2D eigenvalue weighted by Crippen LogP contribution is -2.10. The van der Waals surface area contributed by atoms with Crippen molar-refractivity contribution in [1.82, 2.24) is 4.98 Å². The number of nitrogens with zero attached hydrogens (tertiary/aromatic N) is 1. The molecule has 4 nitrogen and oxygen atoms in total. The van der Waals surface area contributed by atoms with Crippen molar-refractivity contribution < 1.29 is 4.79 Å². The van der Waals surface area contributed by atoms with Crippen molar-refractivity contribution in [3.8, 4) is 0 Å². The highest BCUT2D eigenvalue weighted by molar-refractivity contribution is 7.14. The number of anilines is 1. The molecule has 1 heterocycles. The Kier molecular flexibility index (Phi) is 2.09. The number of aromatic nitrogens is 1. The van der Waals surface area contributed by atoms with Gasteiger partial charge >= 0.3 is 0 Å². The molecule has 0 saturated heterocycles. The smallest absolute Gasteiger partial charge is 0.277 e. The fraction of sp³-hybridized carbons (Fsp3) is 0.333. The molecule has 60 valence electrons. The van der Waals surface area contributed by atoms with Crippen LogP contribution < -0.4 is 11.5 Å². The first-order chi connectivity index (χ1) is 5.15. The Hall–Kier alpha value is -1.10. The monoisotopic (exact) mass is 171 g/mol. The summed E-state index contributed by atoms with van der Waals surface area (Å²) in [6.07, 6.45) is 0.788. The largest absolute Gasteiger partial charge is 0.383 e. The number of carbonyl (C=O) groups excluding carboxylic acids is 1. The molecule has 0 unspecified atom stereocenters. The lowest BCUT2D eigenvalue weighted by molar-refractivity contribution is 0.1000. The molecule has 0 bridgehead atoms. The Bertz CT molecular complexity index is 281. The summed E-state index contributed by atoms with van der Waals surface area (Å²) < 4.78 is 0. The van der Waals surface area contributed by atoms with Crippen LogP contribution in [-0.2, 0) is 6.42 Å². The predicted octanol–water partition coefficient (Wildman–Crippen LogP) is 0.387. The molecule has 1 aromatic rings. The van der Waals surface area contributed by atoms with Crippen LogP contribution in [0.25, 0.3) is 0 Å². The number of carbonyl (C=O) groups is 1. The van der Waals surface area contributed by atoms with Crippen LogP contribution in [0.15, 0.2) is 0 Å². The second-order valence-corrected chi connectivity index (χ2v) is 3.13. The first-order valence-corrected chi connectivity index (χ1v) is 4.01. The van der Waals surface area contributed by atoms with Gasteiger partial charge in [0.2, 0.25) is 0 Å². The summed E-state index contributed by atoms with van der Waals surface area (Å²) in [5.41, 5.74) is 10.5. The normalized spacial score (nSPS) is 9.91. The highest BCUT2D eigenvalue weighted by Gasteiger charge is 2.09. The Morgan fingerprint density at radius 1 is 1.73 bits per heavy atom. The number of hydrogen-bond donors (Lipinski definition) is 2. The second kappa shape index (κ2) is 2.87. The maximum Gasteiger partial charge on any atom is 0.277 e. The zero-order valence-electron chi connectivity index (χ0n) is 6.13. The van der Waals surface area contributed by atoms with Crippen LogP contribution in [-0.4, -0.2) is 10.9 Å². The first kappa shape index (κ1) is 8.00. The first-order valence-electron chi connectivity index (χ1n) is 3.20. The van der Waals surface area contributed by atoms with E-state index in [1.807, 2.05) is 6.92 Å². The number of primary amides is 1. The number of aryl methyl sites for hydroxylation is 1. The van der Waals surface area contributed by atoms with Gasteiger partial charge in [-0.3, -0.25) is 4.79 Å². The van der Waals surface area contributed by atoms with Crippen LogP contribution in [0.3, 0.4) is 0 Å². The van der Waals surface area contributed by atoms with E-state index < -0.39 is 5.91 Å². The molecule has 0 aliphatic heterocycles. The lowest BCUT2D eigenvalue weighted by Gasteiger charge is -1.85. The molecule has 0 atom stereocenters. The number of amides is 1. The molecular formula is C6H9N3OS. The van der Waals surface area contributed by atoms with Crippen LogP contribution in [0.5, 0.6) is 0 Å². The Morgan fingerprint density at radius 3 is 2.64 bits per heavy atom. The summed E-state index contributed by atoms with van der Waals surface area (Å²) in [6.45, 7) is 1.95. The maximum atomic E-state index is 10.6. The van der Waals surface area contributed by atoms with Crippen LogP contribution >= 0.6 is 11.3 Å². The van der Waals surface area contributed by atoms with Gasteiger partial charge in [0.15, 0.2) is 5.01 Å². The minimum absolute atomic E-state index is 0.291. The highest BCUT2D eigenvalue weighted by atomic mass is 32.1. The van der Waals surface area contributed by atoms with Gasteiger partial charge < -0.3 is 11.5 Å². The van der Waals surface area contributed by atoms with Crippen LogP contribution in [0.2, 0.25) is 0 Å². The van der Waals surface area contributed by atoms with E-state index in [9.17, 15) is 4.79 Å². The molecule has 0 aliphatic carbocycles. The van der Waals surface area contributed by atoms with Crippen LogP contribution in [0.4, 0.5) is 5.82 Å². The number of thiazole rings is 1. The van der Waals surface area contributed by atoms with Gasteiger partial charge in [-0.15, -0.1) is 11.3 Å². The van der Waals surface area contributed by atoms with Gasteiger partial charge in [-0.1, -0.05) is 6.92 Å². The lowest BCUT2D eigenvalue weighted by atomic mass is 10.4. The zero-order chi connectivity index (χ0) is 8.43.